The van der Waals surface area contributed by atoms with E-state index in [1.165, 1.54) is 29.3 Å². The highest BCUT2D eigenvalue weighted by atomic mass is 32.2. The Kier molecular flexibility index (Phi) is 6.76. The minimum atomic E-state index is -4.58. The number of carbonyl (C=O) groups is 1. The van der Waals surface area contributed by atoms with Gasteiger partial charge in [-0.1, -0.05) is 36.4 Å². The molecule has 3 aromatic rings. The fourth-order valence-electron chi connectivity index (χ4n) is 3.84. The van der Waals surface area contributed by atoms with Crippen LogP contribution in [0.15, 0.2) is 60.8 Å². The lowest BCUT2D eigenvalue weighted by molar-refractivity contribution is -0.136. The minimum absolute atomic E-state index is 0. The number of likely N-dealkylation sites (tertiary alicyclic amines) is 1. The summed E-state index contributed by atoms with van der Waals surface area (Å²) in [6.45, 7) is -0.0125. The van der Waals surface area contributed by atoms with Crippen molar-refractivity contribution in [1.29, 1.82) is 0 Å². The zero-order valence-electron chi connectivity index (χ0n) is 18.0. The van der Waals surface area contributed by atoms with E-state index in [0.29, 0.717) is 0 Å². The van der Waals surface area contributed by atoms with Crippen molar-refractivity contribution in [3.8, 4) is 5.75 Å². The van der Waals surface area contributed by atoms with Crippen molar-refractivity contribution in [3.63, 3.8) is 0 Å². The number of para-hydroxylation sites is 1. The molecule has 0 saturated carbocycles. The van der Waals surface area contributed by atoms with Crippen LogP contribution in [0, 0.1) is 0 Å². The van der Waals surface area contributed by atoms with Crippen LogP contribution in [0.3, 0.4) is 0 Å². The maximum Gasteiger partial charge on any atom is 0.418 e. The van der Waals surface area contributed by atoms with Gasteiger partial charge in [0, 0.05) is 32.6 Å². The van der Waals surface area contributed by atoms with Gasteiger partial charge in [-0.25, -0.2) is 13.1 Å². The van der Waals surface area contributed by atoms with Crippen molar-refractivity contribution in [2.45, 2.75) is 24.4 Å². The fourth-order valence-corrected chi connectivity index (χ4v) is 5.24. The first-order valence-electron chi connectivity index (χ1n) is 10.5. The maximum atomic E-state index is 13.3. The number of amides is 1. The molecule has 1 N–H and O–H groups in total. The Balaban J connectivity index is 0.00000342. The summed E-state index contributed by atoms with van der Waals surface area (Å²) < 4.78 is 73.1. The van der Waals surface area contributed by atoms with Crippen LogP contribution in [0.1, 0.15) is 19.0 Å². The number of hydrogen-bond acceptors (Lipinski definition) is 5. The summed E-state index contributed by atoms with van der Waals surface area (Å²) in [7, 11) is -3.64. The van der Waals surface area contributed by atoms with Gasteiger partial charge in [0.1, 0.15) is 5.75 Å². The number of rotatable bonds is 7. The summed E-state index contributed by atoms with van der Waals surface area (Å²) in [5.74, 6) is -0.352. The van der Waals surface area contributed by atoms with Gasteiger partial charge in [-0.2, -0.15) is 13.2 Å². The SMILES string of the molecule is O=C(COc1ccnc2c(C(F)(F)F)cccc12)N1CCC(S(=O)(=O)NCc2ccccc2)C1.[HH]. The number of aromatic nitrogens is 1. The standard InChI is InChI=1S/C23H22F3N3O4S.H2/c24-23(25,26)19-8-4-7-18-20(9-11-27-22(18)19)33-15-21(30)29-12-10-17(14-29)34(31,32)28-13-16-5-2-1-3-6-16;/h1-9,11,17,28H,10,12-15H2;1H. The number of nitrogens with zero attached hydrogens (tertiary/aromatic N) is 2. The zero-order chi connectivity index (χ0) is 24.3. The van der Waals surface area contributed by atoms with Crippen molar-refractivity contribution in [2.24, 2.45) is 0 Å². The third-order valence-electron chi connectivity index (χ3n) is 5.64. The molecule has 1 aliphatic heterocycles. The first-order valence-corrected chi connectivity index (χ1v) is 12.1. The number of halogens is 3. The largest absolute Gasteiger partial charge is 0.483 e. The van der Waals surface area contributed by atoms with Crippen LogP contribution < -0.4 is 9.46 Å². The molecule has 1 amide bonds. The first-order chi connectivity index (χ1) is 16.1. The summed E-state index contributed by atoms with van der Waals surface area (Å²) in [5, 5.41) is -0.617. The quantitative estimate of drug-likeness (QED) is 0.541. The lowest BCUT2D eigenvalue weighted by atomic mass is 10.1. The van der Waals surface area contributed by atoms with E-state index in [1.807, 2.05) is 30.3 Å². The van der Waals surface area contributed by atoms with Crippen LogP contribution in [0.25, 0.3) is 10.9 Å². The van der Waals surface area contributed by atoms with Crippen molar-refractivity contribution in [2.75, 3.05) is 19.7 Å². The minimum Gasteiger partial charge on any atom is -0.483 e. The maximum absolute atomic E-state index is 13.3. The van der Waals surface area contributed by atoms with Crippen LogP contribution in [-0.2, 0) is 27.5 Å². The van der Waals surface area contributed by atoms with Crippen LogP contribution in [0.4, 0.5) is 13.2 Å². The third kappa shape index (κ3) is 5.31. The van der Waals surface area contributed by atoms with Gasteiger partial charge in [0.15, 0.2) is 6.61 Å². The fraction of sp³-hybridized carbons (Fsp3) is 0.304. The highest BCUT2D eigenvalue weighted by Crippen LogP contribution is 2.36. The van der Waals surface area contributed by atoms with E-state index in [9.17, 15) is 26.4 Å². The topological polar surface area (TPSA) is 88.6 Å². The Bertz CT molecular complexity index is 1290. The highest BCUT2D eigenvalue weighted by Gasteiger charge is 2.35. The molecule has 182 valence electrons. The summed E-state index contributed by atoms with van der Waals surface area (Å²) in [6.07, 6.45) is -3.11. The van der Waals surface area contributed by atoms with Crippen LogP contribution in [0.2, 0.25) is 0 Å². The predicted octanol–water partition coefficient (Wildman–Crippen LogP) is 3.60. The van der Waals surface area contributed by atoms with E-state index in [4.69, 9.17) is 4.74 Å². The average Bonchev–Trinajstić information content (AvgIpc) is 3.32. The molecule has 4 rings (SSSR count). The molecule has 0 spiro atoms. The molecule has 2 aromatic carbocycles. The number of hydrogen-bond donors (Lipinski definition) is 1. The molecule has 1 fully saturated rings. The summed E-state index contributed by atoms with van der Waals surface area (Å²) in [5.41, 5.74) is -0.335. The Morgan fingerprint density at radius 2 is 1.91 bits per heavy atom. The van der Waals surface area contributed by atoms with E-state index < -0.39 is 39.5 Å². The number of sulfonamides is 1. The molecule has 1 atom stereocenters. The summed E-state index contributed by atoms with van der Waals surface area (Å²) in [4.78, 5) is 17.8. The average molecular weight is 496 g/mol. The lowest BCUT2D eigenvalue weighted by Gasteiger charge is -2.18. The molecule has 0 radical (unpaired) electrons. The number of fused-ring (bicyclic) bond motifs is 1. The summed E-state index contributed by atoms with van der Waals surface area (Å²) >= 11 is 0. The molecule has 11 heteroatoms. The monoisotopic (exact) mass is 495 g/mol. The second-order valence-corrected chi connectivity index (χ2v) is 9.94. The van der Waals surface area contributed by atoms with Gasteiger partial charge in [0.2, 0.25) is 10.0 Å². The molecular formula is C23H24F3N3O4S. The molecule has 0 aliphatic carbocycles. The van der Waals surface area contributed by atoms with Crippen molar-refractivity contribution in [1.82, 2.24) is 14.6 Å². The Morgan fingerprint density at radius 1 is 1.15 bits per heavy atom. The van der Waals surface area contributed by atoms with Gasteiger partial charge in [-0.05, 0) is 30.2 Å². The second-order valence-electron chi connectivity index (χ2n) is 7.90. The van der Waals surface area contributed by atoms with Crippen molar-refractivity contribution >= 4 is 26.8 Å². The molecule has 0 bridgehead atoms. The second kappa shape index (κ2) is 9.59. The van der Waals surface area contributed by atoms with Gasteiger partial charge < -0.3 is 9.64 Å². The molecule has 1 aliphatic rings. The highest BCUT2D eigenvalue weighted by molar-refractivity contribution is 7.90. The number of alkyl halides is 3. The van der Waals surface area contributed by atoms with Gasteiger partial charge >= 0.3 is 6.18 Å². The smallest absolute Gasteiger partial charge is 0.418 e. The number of ether oxygens (including phenoxy) is 1. The molecule has 1 saturated heterocycles. The molecular weight excluding hydrogens is 471 g/mol. The molecule has 2 heterocycles. The molecule has 34 heavy (non-hydrogen) atoms. The van der Waals surface area contributed by atoms with E-state index in [-0.39, 0.29) is 44.1 Å². The number of benzene rings is 2. The zero-order valence-corrected chi connectivity index (χ0v) is 18.8. The van der Waals surface area contributed by atoms with Crippen molar-refractivity contribution in [3.05, 3.63) is 71.9 Å². The normalized spacial score (nSPS) is 16.7. The molecule has 7 nitrogen and oxygen atoms in total. The Morgan fingerprint density at radius 3 is 2.65 bits per heavy atom. The molecule has 1 unspecified atom stereocenters. The number of pyridine rings is 1. The molecule has 1 aromatic heterocycles. The number of nitrogens with one attached hydrogen (secondary N) is 1. The summed E-state index contributed by atoms with van der Waals surface area (Å²) in [6, 6.07) is 14.1. The van der Waals surface area contributed by atoms with E-state index in [0.717, 1.165) is 11.6 Å². The van der Waals surface area contributed by atoms with Crippen molar-refractivity contribution < 1.29 is 32.5 Å². The predicted molar refractivity (Wildman–Crippen MR) is 122 cm³/mol. The Hall–Kier alpha value is -3.18. The van der Waals surface area contributed by atoms with Gasteiger partial charge in [-0.3, -0.25) is 9.78 Å². The van der Waals surface area contributed by atoms with Gasteiger partial charge in [-0.15, -0.1) is 0 Å². The van der Waals surface area contributed by atoms with Crippen LogP contribution >= 0.6 is 0 Å². The van der Waals surface area contributed by atoms with Crippen LogP contribution in [0.5, 0.6) is 5.75 Å². The third-order valence-corrected chi connectivity index (χ3v) is 7.45. The van der Waals surface area contributed by atoms with Crippen LogP contribution in [-0.4, -0.2) is 49.2 Å². The van der Waals surface area contributed by atoms with Gasteiger partial charge in [0.25, 0.3) is 5.91 Å². The van der Waals surface area contributed by atoms with E-state index in [1.54, 1.807) is 0 Å². The first kappa shape index (κ1) is 24.0. The van der Waals surface area contributed by atoms with E-state index in [2.05, 4.69) is 9.71 Å². The van der Waals surface area contributed by atoms with Gasteiger partial charge in [0.05, 0.1) is 16.3 Å². The number of carbonyl (C=O) groups excluding carboxylic acids is 1. The Labute approximate surface area is 196 Å². The van der Waals surface area contributed by atoms with E-state index >= 15 is 0 Å². The lowest BCUT2D eigenvalue weighted by Crippen LogP contribution is -2.38.